The molecule has 0 aliphatic carbocycles. The van der Waals surface area contributed by atoms with Crippen LogP contribution < -0.4 is 24.4 Å². The van der Waals surface area contributed by atoms with Gasteiger partial charge in [0.15, 0.2) is 11.5 Å². The van der Waals surface area contributed by atoms with E-state index in [0.717, 1.165) is 20.5 Å². The molecule has 8 nitrogen and oxygen atoms in total. The molecule has 0 spiro atoms. The first-order chi connectivity index (χ1) is 20.3. The molecule has 0 bridgehead atoms. The number of hydrogen-bond acceptors (Lipinski definition) is 6. The summed E-state index contributed by atoms with van der Waals surface area (Å²) in [6, 6.07) is 26.4. The van der Waals surface area contributed by atoms with E-state index < -0.39 is 17.8 Å². The number of carbonyl (C=O) groups excluding carboxylic acids is 3. The summed E-state index contributed by atoms with van der Waals surface area (Å²) in [7, 11) is 1.50. The van der Waals surface area contributed by atoms with Crippen LogP contribution in [0.15, 0.2) is 106 Å². The molecule has 0 unspecified atom stereocenters. The van der Waals surface area contributed by atoms with E-state index in [-0.39, 0.29) is 17.9 Å². The van der Waals surface area contributed by atoms with Crippen molar-refractivity contribution in [2.75, 3.05) is 12.0 Å². The van der Waals surface area contributed by atoms with Crippen LogP contribution in [0.4, 0.5) is 10.5 Å². The molecule has 1 saturated heterocycles. The molecule has 1 N–H and O–H groups in total. The Balaban J connectivity index is 1.35. The number of anilines is 1. The van der Waals surface area contributed by atoms with Gasteiger partial charge in [0.1, 0.15) is 24.5 Å². The third kappa shape index (κ3) is 6.56. The Bertz CT molecular complexity index is 1670. The normalized spacial score (nSPS) is 14.1. The largest absolute Gasteiger partial charge is 0.493 e. The molecule has 5 rings (SSSR count). The molecule has 0 aromatic heterocycles. The number of halogens is 2. The van der Waals surface area contributed by atoms with Crippen LogP contribution in [-0.4, -0.2) is 25.0 Å². The Morgan fingerprint density at radius 3 is 2.24 bits per heavy atom. The highest BCUT2D eigenvalue weighted by molar-refractivity contribution is 9.10. The Kier molecular flexibility index (Phi) is 9.04. The molecule has 1 aliphatic heterocycles. The van der Waals surface area contributed by atoms with Crippen LogP contribution >= 0.6 is 31.9 Å². The van der Waals surface area contributed by atoms with Gasteiger partial charge in [-0.2, -0.15) is 0 Å². The van der Waals surface area contributed by atoms with Gasteiger partial charge in [-0.3, -0.25) is 14.9 Å². The molecular formula is C32H24Br2N2O6. The molecule has 4 aromatic carbocycles. The number of imide groups is 2. The van der Waals surface area contributed by atoms with Gasteiger partial charge >= 0.3 is 6.03 Å². The van der Waals surface area contributed by atoms with E-state index in [1.54, 1.807) is 36.4 Å². The zero-order chi connectivity index (χ0) is 29.6. The number of nitrogens with one attached hydrogen (secondary N) is 1. The van der Waals surface area contributed by atoms with Crippen LogP contribution in [0.3, 0.4) is 0 Å². The lowest BCUT2D eigenvalue weighted by molar-refractivity contribution is -0.122. The molecule has 0 radical (unpaired) electrons. The standard InChI is InChI=1S/C32H24Br2N2O6/c1-40-28-17-21(16-27(34)29(28)42-19-22-9-5-6-10-26(22)33)15-25-30(37)35-32(39)36(31(25)38)23-11-13-24(14-12-23)41-18-20-7-3-2-4-8-20/h2-17H,18-19H2,1H3,(H,35,37,39)/b25-15+. The van der Waals surface area contributed by atoms with Gasteiger partial charge in [-0.15, -0.1) is 0 Å². The lowest BCUT2D eigenvalue weighted by Crippen LogP contribution is -2.54. The van der Waals surface area contributed by atoms with E-state index in [0.29, 0.717) is 33.9 Å². The van der Waals surface area contributed by atoms with E-state index in [4.69, 9.17) is 14.2 Å². The van der Waals surface area contributed by atoms with Gasteiger partial charge in [0, 0.05) is 10.0 Å². The minimum absolute atomic E-state index is 0.213. The van der Waals surface area contributed by atoms with Crippen molar-refractivity contribution in [3.63, 3.8) is 0 Å². The minimum Gasteiger partial charge on any atom is -0.493 e. The number of ether oxygens (including phenoxy) is 3. The van der Waals surface area contributed by atoms with Crippen molar-refractivity contribution in [1.29, 1.82) is 0 Å². The molecule has 212 valence electrons. The van der Waals surface area contributed by atoms with Crippen LogP contribution in [-0.2, 0) is 22.8 Å². The highest BCUT2D eigenvalue weighted by Gasteiger charge is 2.37. The van der Waals surface area contributed by atoms with E-state index in [1.165, 1.54) is 13.2 Å². The maximum Gasteiger partial charge on any atom is 0.335 e. The van der Waals surface area contributed by atoms with E-state index >= 15 is 0 Å². The molecule has 1 heterocycles. The fraction of sp³-hybridized carbons (Fsp3) is 0.0938. The van der Waals surface area contributed by atoms with Crippen molar-refractivity contribution in [1.82, 2.24) is 5.32 Å². The lowest BCUT2D eigenvalue weighted by atomic mass is 10.1. The summed E-state index contributed by atoms with van der Waals surface area (Å²) < 4.78 is 18.8. The first-order valence-electron chi connectivity index (χ1n) is 12.8. The molecule has 42 heavy (non-hydrogen) atoms. The summed E-state index contributed by atoms with van der Waals surface area (Å²) >= 11 is 7.02. The average molecular weight is 692 g/mol. The van der Waals surface area contributed by atoms with Crippen molar-refractivity contribution in [2.24, 2.45) is 0 Å². The number of hydrogen-bond donors (Lipinski definition) is 1. The van der Waals surface area contributed by atoms with Gasteiger partial charge in [0.05, 0.1) is 17.3 Å². The average Bonchev–Trinajstić information content (AvgIpc) is 2.99. The Morgan fingerprint density at radius 2 is 1.52 bits per heavy atom. The molecule has 0 saturated carbocycles. The van der Waals surface area contributed by atoms with Gasteiger partial charge in [-0.05, 0) is 75.6 Å². The van der Waals surface area contributed by atoms with Crippen LogP contribution in [0.1, 0.15) is 16.7 Å². The maximum absolute atomic E-state index is 13.4. The fourth-order valence-electron chi connectivity index (χ4n) is 4.22. The van der Waals surface area contributed by atoms with E-state index in [1.807, 2.05) is 54.6 Å². The fourth-order valence-corrected chi connectivity index (χ4v) is 5.19. The third-order valence-electron chi connectivity index (χ3n) is 6.34. The molecule has 1 fully saturated rings. The van der Waals surface area contributed by atoms with Crippen molar-refractivity contribution in [3.05, 3.63) is 122 Å². The number of urea groups is 1. The second-order valence-electron chi connectivity index (χ2n) is 9.14. The Morgan fingerprint density at radius 1 is 0.810 bits per heavy atom. The van der Waals surface area contributed by atoms with Crippen molar-refractivity contribution < 1.29 is 28.6 Å². The first-order valence-corrected chi connectivity index (χ1v) is 14.3. The third-order valence-corrected chi connectivity index (χ3v) is 7.70. The molecule has 1 aliphatic rings. The predicted molar refractivity (Wildman–Crippen MR) is 165 cm³/mol. The molecular weight excluding hydrogens is 668 g/mol. The van der Waals surface area contributed by atoms with Gasteiger partial charge < -0.3 is 14.2 Å². The molecule has 4 amide bonds. The number of carbonyl (C=O) groups is 3. The molecule has 10 heteroatoms. The topological polar surface area (TPSA) is 94.2 Å². The van der Waals surface area contributed by atoms with Crippen LogP contribution in [0.25, 0.3) is 6.08 Å². The predicted octanol–water partition coefficient (Wildman–Crippen LogP) is 7.04. The zero-order valence-electron chi connectivity index (χ0n) is 22.3. The summed E-state index contributed by atoms with van der Waals surface area (Å²) in [5, 5.41) is 2.24. The molecule has 0 atom stereocenters. The zero-order valence-corrected chi connectivity index (χ0v) is 25.5. The molecule has 4 aromatic rings. The van der Waals surface area contributed by atoms with Gasteiger partial charge in [0.2, 0.25) is 0 Å². The highest BCUT2D eigenvalue weighted by Crippen LogP contribution is 2.38. The van der Waals surface area contributed by atoms with E-state index in [9.17, 15) is 14.4 Å². The van der Waals surface area contributed by atoms with Gasteiger partial charge in [-0.25, -0.2) is 9.69 Å². The number of rotatable bonds is 9. The smallest absolute Gasteiger partial charge is 0.335 e. The lowest BCUT2D eigenvalue weighted by Gasteiger charge is -2.26. The van der Waals surface area contributed by atoms with Crippen molar-refractivity contribution >= 4 is 61.5 Å². The number of methoxy groups -OCH3 is 1. The summed E-state index contributed by atoms with van der Waals surface area (Å²) in [5.74, 6) is -0.134. The number of nitrogens with zero attached hydrogens (tertiary/aromatic N) is 1. The summed E-state index contributed by atoms with van der Waals surface area (Å²) in [4.78, 5) is 39.7. The van der Waals surface area contributed by atoms with Gasteiger partial charge in [-0.1, -0.05) is 64.5 Å². The number of barbiturate groups is 1. The monoisotopic (exact) mass is 690 g/mol. The van der Waals surface area contributed by atoms with E-state index in [2.05, 4.69) is 37.2 Å². The van der Waals surface area contributed by atoms with Crippen LogP contribution in [0, 0.1) is 0 Å². The Labute approximate surface area is 259 Å². The number of benzene rings is 4. The van der Waals surface area contributed by atoms with Crippen LogP contribution in [0.2, 0.25) is 0 Å². The first kappa shape index (κ1) is 29.1. The quantitative estimate of drug-likeness (QED) is 0.149. The Hall–Kier alpha value is -4.41. The second-order valence-corrected chi connectivity index (χ2v) is 10.8. The maximum atomic E-state index is 13.4. The summed E-state index contributed by atoms with van der Waals surface area (Å²) in [6.07, 6.45) is 1.40. The summed E-state index contributed by atoms with van der Waals surface area (Å²) in [6.45, 7) is 0.655. The highest BCUT2D eigenvalue weighted by atomic mass is 79.9. The van der Waals surface area contributed by atoms with Gasteiger partial charge in [0.25, 0.3) is 11.8 Å². The second kappa shape index (κ2) is 13.1. The SMILES string of the molecule is COc1cc(/C=C2\C(=O)NC(=O)N(c3ccc(OCc4ccccc4)cc3)C2=O)cc(Br)c1OCc1ccccc1Br. The van der Waals surface area contributed by atoms with Crippen molar-refractivity contribution in [3.8, 4) is 17.2 Å². The number of amides is 4. The minimum atomic E-state index is -0.838. The summed E-state index contributed by atoms with van der Waals surface area (Å²) in [5.41, 5.74) is 2.52. The van der Waals surface area contributed by atoms with Crippen LogP contribution in [0.5, 0.6) is 17.2 Å². The van der Waals surface area contributed by atoms with Crippen molar-refractivity contribution in [2.45, 2.75) is 13.2 Å².